The second kappa shape index (κ2) is 6.80. The molecule has 6 heteroatoms. The third-order valence-corrected chi connectivity index (χ3v) is 5.82. The lowest BCUT2D eigenvalue weighted by molar-refractivity contribution is 0.102. The molecule has 0 fully saturated rings. The van der Waals surface area contributed by atoms with Crippen LogP contribution in [0, 0.1) is 5.92 Å². The number of hydrogen-bond acceptors (Lipinski definition) is 4. The predicted molar refractivity (Wildman–Crippen MR) is 99.9 cm³/mol. The summed E-state index contributed by atoms with van der Waals surface area (Å²) in [7, 11) is 0. The summed E-state index contributed by atoms with van der Waals surface area (Å²) in [4.78, 5) is 18.6. The van der Waals surface area contributed by atoms with Gasteiger partial charge in [0, 0.05) is 10.4 Å². The minimum Gasteiger partial charge on any atom is -0.298 e. The second-order valence-electron chi connectivity index (χ2n) is 6.38. The van der Waals surface area contributed by atoms with Gasteiger partial charge in [0.1, 0.15) is 0 Å². The van der Waals surface area contributed by atoms with Crippen LogP contribution in [-0.4, -0.2) is 21.1 Å². The maximum Gasteiger partial charge on any atom is 0.261 e. The minimum atomic E-state index is -0.175. The average Bonchev–Trinajstić information content (AvgIpc) is 3.28. The van der Waals surface area contributed by atoms with E-state index in [9.17, 15) is 4.79 Å². The van der Waals surface area contributed by atoms with Gasteiger partial charge in [-0.25, -0.2) is 4.98 Å². The number of carbonyl (C=O) groups excluding carboxylic acids is 1. The number of anilines is 1. The molecule has 0 saturated heterocycles. The average molecular weight is 352 g/mol. The standard InChI is InChI=1S/C19H20N4OS/c1-2-12-8-9-15-16(10-12)25-19(21-15)22-18(24)14-11-20-23-17(14)13-6-4-3-5-7-13/h3-7,11-12H,2,8-10H2,1H3,(H,20,23)(H,21,22,24). The molecule has 1 aromatic carbocycles. The summed E-state index contributed by atoms with van der Waals surface area (Å²) in [6.07, 6.45) is 6.06. The Morgan fingerprint density at radius 1 is 1.36 bits per heavy atom. The molecule has 0 radical (unpaired) electrons. The third-order valence-electron chi connectivity index (χ3n) is 4.79. The summed E-state index contributed by atoms with van der Waals surface area (Å²) in [6, 6.07) is 9.74. The predicted octanol–water partition coefficient (Wildman–Crippen LogP) is 4.30. The van der Waals surface area contributed by atoms with Crippen LogP contribution in [0.1, 0.15) is 40.7 Å². The van der Waals surface area contributed by atoms with Crippen molar-refractivity contribution in [3.05, 3.63) is 52.7 Å². The van der Waals surface area contributed by atoms with Gasteiger partial charge in [-0.15, -0.1) is 11.3 Å². The molecule has 1 aliphatic carbocycles. The van der Waals surface area contributed by atoms with Crippen LogP contribution in [0.5, 0.6) is 0 Å². The Hall–Kier alpha value is -2.47. The van der Waals surface area contributed by atoms with Crippen molar-refractivity contribution in [3.8, 4) is 11.3 Å². The lowest BCUT2D eigenvalue weighted by atomic mass is 9.89. The molecule has 0 saturated carbocycles. The highest BCUT2D eigenvalue weighted by molar-refractivity contribution is 7.15. The summed E-state index contributed by atoms with van der Waals surface area (Å²) >= 11 is 1.61. The van der Waals surface area contributed by atoms with Gasteiger partial charge in [0.2, 0.25) is 0 Å². The van der Waals surface area contributed by atoms with Gasteiger partial charge in [-0.05, 0) is 25.2 Å². The Balaban J connectivity index is 1.54. The van der Waals surface area contributed by atoms with Gasteiger partial charge in [0.05, 0.1) is 23.1 Å². The maximum absolute atomic E-state index is 12.7. The molecular weight excluding hydrogens is 332 g/mol. The molecule has 2 N–H and O–H groups in total. The Bertz CT molecular complexity index is 884. The summed E-state index contributed by atoms with van der Waals surface area (Å²) in [5.41, 5.74) is 3.35. The van der Waals surface area contributed by atoms with Gasteiger partial charge in [-0.3, -0.25) is 15.2 Å². The van der Waals surface area contributed by atoms with Crippen LogP contribution in [-0.2, 0) is 12.8 Å². The molecule has 1 atom stereocenters. The van der Waals surface area contributed by atoms with E-state index in [2.05, 4.69) is 27.4 Å². The van der Waals surface area contributed by atoms with Gasteiger partial charge < -0.3 is 0 Å². The molecule has 0 aliphatic heterocycles. The smallest absolute Gasteiger partial charge is 0.261 e. The minimum absolute atomic E-state index is 0.175. The van der Waals surface area contributed by atoms with Crippen molar-refractivity contribution in [1.29, 1.82) is 0 Å². The molecular formula is C19H20N4OS. The number of nitrogens with one attached hydrogen (secondary N) is 2. The largest absolute Gasteiger partial charge is 0.298 e. The van der Waals surface area contributed by atoms with Gasteiger partial charge in [0.25, 0.3) is 5.91 Å². The zero-order valence-corrected chi connectivity index (χ0v) is 14.9. The van der Waals surface area contributed by atoms with Crippen LogP contribution >= 0.6 is 11.3 Å². The number of carbonyl (C=O) groups is 1. The van der Waals surface area contributed by atoms with Crippen molar-refractivity contribution in [2.45, 2.75) is 32.6 Å². The number of aryl methyl sites for hydroxylation is 1. The monoisotopic (exact) mass is 352 g/mol. The number of amides is 1. The zero-order chi connectivity index (χ0) is 17.2. The summed E-state index contributed by atoms with van der Waals surface area (Å²) in [5.74, 6) is 0.570. The van der Waals surface area contributed by atoms with Crippen LogP contribution < -0.4 is 5.32 Å². The molecule has 128 valence electrons. The number of aromatic amines is 1. The zero-order valence-electron chi connectivity index (χ0n) is 14.1. The van der Waals surface area contributed by atoms with E-state index in [1.54, 1.807) is 17.5 Å². The number of rotatable bonds is 4. The lowest BCUT2D eigenvalue weighted by Crippen LogP contribution is -2.12. The van der Waals surface area contributed by atoms with Gasteiger partial charge in [0.15, 0.2) is 5.13 Å². The summed E-state index contributed by atoms with van der Waals surface area (Å²) < 4.78 is 0. The Morgan fingerprint density at radius 2 is 2.20 bits per heavy atom. The van der Waals surface area contributed by atoms with E-state index in [1.165, 1.54) is 17.7 Å². The van der Waals surface area contributed by atoms with Crippen molar-refractivity contribution in [3.63, 3.8) is 0 Å². The van der Waals surface area contributed by atoms with E-state index in [0.29, 0.717) is 10.7 Å². The fourth-order valence-corrected chi connectivity index (χ4v) is 4.41. The molecule has 0 spiro atoms. The van der Waals surface area contributed by atoms with E-state index in [4.69, 9.17) is 0 Å². The van der Waals surface area contributed by atoms with Crippen molar-refractivity contribution in [2.75, 3.05) is 5.32 Å². The van der Waals surface area contributed by atoms with Crippen LogP contribution in [0.3, 0.4) is 0 Å². The summed E-state index contributed by atoms with van der Waals surface area (Å²) in [5, 5.41) is 10.6. The Kier molecular flexibility index (Phi) is 4.36. The quantitative estimate of drug-likeness (QED) is 0.735. The molecule has 1 aliphatic rings. The van der Waals surface area contributed by atoms with Gasteiger partial charge >= 0.3 is 0 Å². The van der Waals surface area contributed by atoms with Crippen molar-refractivity contribution in [2.24, 2.45) is 5.92 Å². The molecule has 4 rings (SSSR count). The fraction of sp³-hybridized carbons (Fsp3) is 0.316. The van der Waals surface area contributed by atoms with Crippen molar-refractivity contribution in [1.82, 2.24) is 15.2 Å². The first-order chi connectivity index (χ1) is 12.2. The van der Waals surface area contributed by atoms with Crippen LogP contribution in [0.2, 0.25) is 0 Å². The second-order valence-corrected chi connectivity index (χ2v) is 7.47. The summed E-state index contributed by atoms with van der Waals surface area (Å²) in [6.45, 7) is 2.24. The number of nitrogens with zero attached hydrogens (tertiary/aromatic N) is 2. The van der Waals surface area contributed by atoms with E-state index < -0.39 is 0 Å². The van der Waals surface area contributed by atoms with E-state index in [0.717, 1.165) is 35.7 Å². The number of thiazole rings is 1. The first-order valence-electron chi connectivity index (χ1n) is 8.63. The van der Waals surface area contributed by atoms with E-state index >= 15 is 0 Å². The highest BCUT2D eigenvalue weighted by Crippen LogP contribution is 2.33. The number of hydrogen-bond donors (Lipinski definition) is 2. The molecule has 1 amide bonds. The molecule has 3 aromatic rings. The SMILES string of the molecule is CCC1CCc2nc(NC(=O)c3cn[nH]c3-c3ccccc3)sc2C1. The molecule has 5 nitrogen and oxygen atoms in total. The number of fused-ring (bicyclic) bond motifs is 1. The topological polar surface area (TPSA) is 70.7 Å². The Morgan fingerprint density at radius 3 is 3.00 bits per heavy atom. The maximum atomic E-state index is 12.7. The number of H-pyrrole nitrogens is 1. The van der Waals surface area contributed by atoms with E-state index in [-0.39, 0.29) is 5.91 Å². The van der Waals surface area contributed by atoms with Gasteiger partial charge in [-0.1, -0.05) is 43.7 Å². The molecule has 0 bridgehead atoms. The highest BCUT2D eigenvalue weighted by Gasteiger charge is 2.23. The molecule has 25 heavy (non-hydrogen) atoms. The Labute approximate surface area is 150 Å². The molecule has 2 heterocycles. The van der Waals surface area contributed by atoms with Crippen LogP contribution in [0.25, 0.3) is 11.3 Å². The lowest BCUT2D eigenvalue weighted by Gasteiger charge is -2.18. The first-order valence-corrected chi connectivity index (χ1v) is 9.45. The third kappa shape index (κ3) is 3.22. The normalized spacial score (nSPS) is 16.4. The molecule has 1 unspecified atom stereocenters. The number of aromatic nitrogens is 3. The highest BCUT2D eigenvalue weighted by atomic mass is 32.1. The van der Waals surface area contributed by atoms with Crippen molar-refractivity contribution < 1.29 is 4.79 Å². The first kappa shape index (κ1) is 16.0. The molecule has 2 aromatic heterocycles. The van der Waals surface area contributed by atoms with Gasteiger partial charge in [-0.2, -0.15) is 5.10 Å². The fourth-order valence-electron chi connectivity index (χ4n) is 3.29. The van der Waals surface area contributed by atoms with Crippen molar-refractivity contribution >= 4 is 22.4 Å². The van der Waals surface area contributed by atoms with E-state index in [1.807, 2.05) is 30.3 Å². The number of benzene rings is 1. The van der Waals surface area contributed by atoms with Crippen LogP contribution in [0.4, 0.5) is 5.13 Å². The van der Waals surface area contributed by atoms with Crippen LogP contribution in [0.15, 0.2) is 36.5 Å².